The minimum Gasteiger partial charge on any atom is -0.478 e. The van der Waals surface area contributed by atoms with Gasteiger partial charge in [0, 0.05) is 16.9 Å². The molecule has 2 aromatic heterocycles. The van der Waals surface area contributed by atoms with Gasteiger partial charge in [0.1, 0.15) is 12.1 Å². The molecule has 0 unspecified atom stereocenters. The molecular weight excluding hydrogens is 318 g/mol. The van der Waals surface area contributed by atoms with Crippen molar-refractivity contribution in [1.29, 1.82) is 0 Å². The van der Waals surface area contributed by atoms with Gasteiger partial charge in [-0.1, -0.05) is 13.8 Å². The monoisotopic (exact) mass is 337 g/mol. The molecule has 0 aliphatic heterocycles. The normalized spacial score (nSPS) is 10.6. The minimum atomic E-state index is -0.946. The lowest BCUT2D eigenvalue weighted by Gasteiger charge is -2.15. The first kappa shape index (κ1) is 16.7. The van der Waals surface area contributed by atoms with Gasteiger partial charge in [-0.15, -0.1) is 0 Å². The second kappa shape index (κ2) is 7.17. The highest BCUT2D eigenvalue weighted by Crippen LogP contribution is 2.26. The third-order valence-electron chi connectivity index (χ3n) is 3.96. The molecule has 2 N–H and O–H groups in total. The largest absolute Gasteiger partial charge is 0.478 e. The number of anilines is 2. The number of benzene rings is 1. The van der Waals surface area contributed by atoms with Crippen LogP contribution in [0.1, 0.15) is 35.5 Å². The summed E-state index contributed by atoms with van der Waals surface area (Å²) in [5, 5.41) is 12.3. The molecule has 0 saturated carbocycles. The Kier molecular flexibility index (Phi) is 4.79. The standard InChI is InChI=1S/C19H19N3O3/c1-3-15-16(4-2)21-17(13-9-10-25-11-13)22-18(15)20-14-7-5-12(6-8-14)19(23)24/h5-11H,3-4H2,1-2H3,(H,23,24)(H,20,21,22). The lowest BCUT2D eigenvalue weighted by Crippen LogP contribution is -2.07. The molecule has 0 fully saturated rings. The SMILES string of the molecule is CCc1nc(-c2ccoc2)nc(Nc2ccc(C(=O)O)cc2)c1CC. The van der Waals surface area contributed by atoms with Crippen molar-refractivity contribution in [1.82, 2.24) is 9.97 Å². The van der Waals surface area contributed by atoms with Gasteiger partial charge >= 0.3 is 5.97 Å². The van der Waals surface area contributed by atoms with Crippen LogP contribution in [0.2, 0.25) is 0 Å². The molecule has 1 aromatic carbocycles. The van der Waals surface area contributed by atoms with Crippen LogP contribution in [0.5, 0.6) is 0 Å². The number of nitrogens with one attached hydrogen (secondary N) is 1. The Morgan fingerprint density at radius 1 is 1.12 bits per heavy atom. The first-order valence-corrected chi connectivity index (χ1v) is 8.15. The highest BCUT2D eigenvalue weighted by atomic mass is 16.4. The van der Waals surface area contributed by atoms with Gasteiger partial charge in [0.05, 0.1) is 17.4 Å². The zero-order chi connectivity index (χ0) is 17.8. The Morgan fingerprint density at radius 3 is 2.44 bits per heavy atom. The van der Waals surface area contributed by atoms with Crippen LogP contribution >= 0.6 is 0 Å². The fraction of sp³-hybridized carbons (Fsp3) is 0.211. The van der Waals surface area contributed by atoms with Gasteiger partial charge < -0.3 is 14.8 Å². The van der Waals surface area contributed by atoms with Gasteiger partial charge in [-0.2, -0.15) is 0 Å². The molecule has 0 spiro atoms. The van der Waals surface area contributed by atoms with Crippen molar-refractivity contribution < 1.29 is 14.3 Å². The van der Waals surface area contributed by atoms with E-state index in [1.165, 1.54) is 0 Å². The van der Waals surface area contributed by atoms with Crippen LogP contribution in [0.3, 0.4) is 0 Å². The van der Waals surface area contributed by atoms with Crippen LogP contribution in [0.15, 0.2) is 47.3 Å². The molecule has 0 saturated heterocycles. The Bertz CT molecular complexity index is 872. The molecular formula is C19H19N3O3. The molecule has 6 heteroatoms. The maximum absolute atomic E-state index is 11.0. The summed E-state index contributed by atoms with van der Waals surface area (Å²) >= 11 is 0. The van der Waals surface area contributed by atoms with Crippen molar-refractivity contribution >= 4 is 17.5 Å². The van der Waals surface area contributed by atoms with E-state index >= 15 is 0 Å². The van der Waals surface area contributed by atoms with Gasteiger partial charge in [0.2, 0.25) is 0 Å². The summed E-state index contributed by atoms with van der Waals surface area (Å²) in [5.74, 6) is 0.388. The molecule has 25 heavy (non-hydrogen) atoms. The maximum Gasteiger partial charge on any atom is 0.335 e. The third-order valence-corrected chi connectivity index (χ3v) is 3.96. The van der Waals surface area contributed by atoms with E-state index in [1.54, 1.807) is 36.8 Å². The average Bonchev–Trinajstić information content (AvgIpc) is 3.16. The van der Waals surface area contributed by atoms with Crippen molar-refractivity contribution in [3.8, 4) is 11.4 Å². The van der Waals surface area contributed by atoms with Gasteiger partial charge in [-0.3, -0.25) is 0 Å². The summed E-state index contributed by atoms with van der Waals surface area (Å²) in [7, 11) is 0. The fourth-order valence-corrected chi connectivity index (χ4v) is 2.65. The molecule has 0 aliphatic rings. The van der Waals surface area contributed by atoms with E-state index in [2.05, 4.69) is 29.1 Å². The molecule has 0 radical (unpaired) electrons. The van der Waals surface area contributed by atoms with E-state index in [1.807, 2.05) is 6.07 Å². The van der Waals surface area contributed by atoms with E-state index in [9.17, 15) is 4.79 Å². The van der Waals surface area contributed by atoms with E-state index in [0.717, 1.165) is 41.2 Å². The van der Waals surface area contributed by atoms with Gasteiger partial charge in [-0.25, -0.2) is 14.8 Å². The van der Waals surface area contributed by atoms with E-state index in [4.69, 9.17) is 9.52 Å². The number of carbonyl (C=O) groups is 1. The van der Waals surface area contributed by atoms with Gasteiger partial charge in [-0.05, 0) is 43.2 Å². The number of nitrogens with zero attached hydrogens (tertiary/aromatic N) is 2. The average molecular weight is 337 g/mol. The van der Waals surface area contributed by atoms with Crippen molar-refractivity contribution in [2.45, 2.75) is 26.7 Å². The molecule has 2 heterocycles. The molecule has 0 atom stereocenters. The van der Waals surface area contributed by atoms with Crippen molar-refractivity contribution in [2.75, 3.05) is 5.32 Å². The maximum atomic E-state index is 11.0. The first-order chi connectivity index (χ1) is 12.1. The molecule has 0 bridgehead atoms. The Morgan fingerprint density at radius 2 is 1.88 bits per heavy atom. The molecule has 6 nitrogen and oxygen atoms in total. The van der Waals surface area contributed by atoms with Gasteiger partial charge in [0.15, 0.2) is 5.82 Å². The second-order valence-corrected chi connectivity index (χ2v) is 5.55. The molecule has 3 aromatic rings. The summed E-state index contributed by atoms with van der Waals surface area (Å²) in [5.41, 5.74) is 3.88. The number of aromatic carboxylic acids is 1. The highest BCUT2D eigenvalue weighted by Gasteiger charge is 2.14. The number of carboxylic acids is 1. The van der Waals surface area contributed by atoms with Crippen molar-refractivity contribution in [2.24, 2.45) is 0 Å². The number of furan rings is 1. The summed E-state index contributed by atoms with van der Waals surface area (Å²) in [6, 6.07) is 8.42. The molecule has 0 aliphatic carbocycles. The number of hydrogen-bond donors (Lipinski definition) is 2. The number of carboxylic acid groups (broad SMARTS) is 1. The van der Waals surface area contributed by atoms with E-state index in [0.29, 0.717) is 5.82 Å². The van der Waals surface area contributed by atoms with Crippen molar-refractivity contribution in [3.05, 3.63) is 59.7 Å². The fourth-order valence-electron chi connectivity index (χ4n) is 2.65. The smallest absolute Gasteiger partial charge is 0.335 e. The Labute approximate surface area is 145 Å². The second-order valence-electron chi connectivity index (χ2n) is 5.55. The first-order valence-electron chi connectivity index (χ1n) is 8.15. The van der Waals surface area contributed by atoms with Gasteiger partial charge in [0.25, 0.3) is 0 Å². The summed E-state index contributed by atoms with van der Waals surface area (Å²) in [6.07, 6.45) is 4.80. The lowest BCUT2D eigenvalue weighted by molar-refractivity contribution is 0.0697. The van der Waals surface area contributed by atoms with Crippen molar-refractivity contribution in [3.63, 3.8) is 0 Å². The van der Waals surface area contributed by atoms with Crippen LogP contribution in [0.4, 0.5) is 11.5 Å². The summed E-state index contributed by atoms with van der Waals surface area (Å²) in [6.45, 7) is 4.13. The Balaban J connectivity index is 2.01. The Hall–Kier alpha value is -3.15. The number of hydrogen-bond acceptors (Lipinski definition) is 5. The van der Waals surface area contributed by atoms with Crippen LogP contribution in [-0.4, -0.2) is 21.0 Å². The highest BCUT2D eigenvalue weighted by molar-refractivity contribution is 5.88. The molecule has 128 valence electrons. The number of aryl methyl sites for hydroxylation is 1. The van der Waals surface area contributed by atoms with Crippen LogP contribution in [-0.2, 0) is 12.8 Å². The lowest BCUT2D eigenvalue weighted by atomic mass is 10.1. The third kappa shape index (κ3) is 3.52. The van der Waals surface area contributed by atoms with E-state index in [-0.39, 0.29) is 5.56 Å². The quantitative estimate of drug-likeness (QED) is 0.697. The predicted octanol–water partition coefficient (Wildman–Crippen LogP) is 4.30. The zero-order valence-corrected chi connectivity index (χ0v) is 14.1. The summed E-state index contributed by atoms with van der Waals surface area (Å²) in [4.78, 5) is 20.3. The molecule has 0 amide bonds. The zero-order valence-electron chi connectivity index (χ0n) is 14.1. The number of rotatable bonds is 6. The summed E-state index contributed by atoms with van der Waals surface area (Å²) < 4.78 is 5.14. The topological polar surface area (TPSA) is 88.3 Å². The molecule has 3 rings (SSSR count). The van der Waals surface area contributed by atoms with Crippen LogP contribution < -0.4 is 5.32 Å². The van der Waals surface area contributed by atoms with Crippen LogP contribution in [0, 0.1) is 0 Å². The van der Waals surface area contributed by atoms with E-state index < -0.39 is 5.97 Å². The predicted molar refractivity (Wildman–Crippen MR) is 95.2 cm³/mol. The minimum absolute atomic E-state index is 0.247. The van der Waals surface area contributed by atoms with Crippen LogP contribution in [0.25, 0.3) is 11.4 Å². The number of aromatic nitrogens is 2.